The molecule has 0 heterocycles. The number of aryl methyl sites for hydroxylation is 1. The van der Waals surface area contributed by atoms with Crippen molar-refractivity contribution < 1.29 is 26.4 Å². The molecule has 174 valence electrons. The molecule has 0 unspecified atom stereocenters. The van der Waals surface area contributed by atoms with Gasteiger partial charge in [-0.15, -0.1) is 11.8 Å². The lowest BCUT2D eigenvalue weighted by molar-refractivity contribution is -0.137. The third-order valence-corrected chi connectivity index (χ3v) is 7.26. The van der Waals surface area contributed by atoms with Crippen LogP contribution < -0.4 is 9.62 Å². The second kappa shape index (κ2) is 9.88. The van der Waals surface area contributed by atoms with Crippen LogP contribution >= 0.6 is 11.8 Å². The van der Waals surface area contributed by atoms with Crippen LogP contribution in [-0.4, -0.2) is 27.1 Å². The van der Waals surface area contributed by atoms with Gasteiger partial charge in [0, 0.05) is 10.6 Å². The van der Waals surface area contributed by atoms with E-state index in [1.165, 1.54) is 36.0 Å². The number of nitrogens with one attached hydrogen (secondary N) is 1. The number of alkyl halides is 3. The average molecular weight is 495 g/mol. The van der Waals surface area contributed by atoms with E-state index in [0.29, 0.717) is 0 Å². The molecular formula is C23H21F3N2O3S2. The highest BCUT2D eigenvalue weighted by Gasteiger charge is 2.31. The number of benzene rings is 3. The van der Waals surface area contributed by atoms with Gasteiger partial charge in [0.05, 0.1) is 16.1 Å². The van der Waals surface area contributed by atoms with E-state index in [0.717, 1.165) is 26.9 Å². The minimum atomic E-state index is -4.57. The normalized spacial score (nSPS) is 11.8. The molecule has 1 amide bonds. The maximum Gasteiger partial charge on any atom is 0.416 e. The smallest absolute Gasteiger partial charge is 0.325 e. The summed E-state index contributed by atoms with van der Waals surface area (Å²) in [5.41, 5.74) is 0.153. The van der Waals surface area contributed by atoms with E-state index in [2.05, 4.69) is 5.32 Å². The Kier molecular flexibility index (Phi) is 7.38. The molecule has 0 radical (unpaired) electrons. The lowest BCUT2D eigenvalue weighted by Crippen LogP contribution is -2.38. The summed E-state index contributed by atoms with van der Waals surface area (Å²) >= 11 is 1.46. The first-order valence-electron chi connectivity index (χ1n) is 9.71. The summed E-state index contributed by atoms with van der Waals surface area (Å²) in [5.74, 6) is -0.779. The number of carbonyl (C=O) groups excluding carboxylic acids is 1. The summed E-state index contributed by atoms with van der Waals surface area (Å²) in [4.78, 5) is 13.6. The molecule has 0 bridgehead atoms. The minimum absolute atomic E-state index is 0.00672. The molecule has 1 N–H and O–H groups in total. The fourth-order valence-corrected chi connectivity index (χ4v) is 4.83. The summed E-state index contributed by atoms with van der Waals surface area (Å²) in [6.07, 6.45) is -2.71. The Labute approximate surface area is 194 Å². The quantitative estimate of drug-likeness (QED) is 0.436. The van der Waals surface area contributed by atoms with Gasteiger partial charge in [-0.25, -0.2) is 8.42 Å². The second-order valence-corrected chi connectivity index (χ2v) is 9.89. The molecule has 0 spiro atoms. The maximum atomic E-state index is 13.4. The number of amides is 1. The molecule has 0 aliphatic carbocycles. The van der Waals surface area contributed by atoms with Crippen LogP contribution in [-0.2, 0) is 21.0 Å². The number of thioether (sulfide) groups is 1. The molecular weight excluding hydrogens is 473 g/mol. The summed E-state index contributed by atoms with van der Waals surface area (Å²) in [7, 11) is -4.13. The van der Waals surface area contributed by atoms with Gasteiger partial charge in [-0.3, -0.25) is 9.10 Å². The van der Waals surface area contributed by atoms with Crippen LogP contribution in [0.4, 0.5) is 24.5 Å². The Bertz CT molecular complexity index is 1230. The summed E-state index contributed by atoms with van der Waals surface area (Å²) in [5, 5.41) is 2.36. The van der Waals surface area contributed by atoms with Gasteiger partial charge < -0.3 is 5.32 Å². The van der Waals surface area contributed by atoms with Crippen LogP contribution in [0.5, 0.6) is 0 Å². The fourth-order valence-electron chi connectivity index (χ4n) is 3.01. The van der Waals surface area contributed by atoms with E-state index in [4.69, 9.17) is 0 Å². The molecule has 3 rings (SSSR count). The van der Waals surface area contributed by atoms with Crippen molar-refractivity contribution in [1.82, 2.24) is 0 Å². The highest BCUT2D eigenvalue weighted by atomic mass is 32.2. The van der Waals surface area contributed by atoms with Gasteiger partial charge in [0.25, 0.3) is 10.0 Å². The molecule has 10 heteroatoms. The number of halogens is 3. The van der Waals surface area contributed by atoms with Crippen molar-refractivity contribution in [1.29, 1.82) is 0 Å². The molecule has 3 aromatic rings. The first-order chi connectivity index (χ1) is 15.5. The van der Waals surface area contributed by atoms with E-state index in [1.54, 1.807) is 36.4 Å². The number of sulfonamides is 1. The van der Waals surface area contributed by atoms with E-state index in [-0.39, 0.29) is 16.3 Å². The van der Waals surface area contributed by atoms with Gasteiger partial charge in [0.1, 0.15) is 6.54 Å². The molecule has 0 aliphatic rings. The zero-order valence-corrected chi connectivity index (χ0v) is 19.4. The van der Waals surface area contributed by atoms with Crippen molar-refractivity contribution in [2.24, 2.45) is 0 Å². The topological polar surface area (TPSA) is 66.5 Å². The minimum Gasteiger partial charge on any atom is -0.325 e. The zero-order valence-electron chi connectivity index (χ0n) is 17.8. The third-order valence-electron chi connectivity index (χ3n) is 4.73. The van der Waals surface area contributed by atoms with E-state index in [9.17, 15) is 26.4 Å². The second-order valence-electron chi connectivity index (χ2n) is 7.15. The first kappa shape index (κ1) is 24.7. The van der Waals surface area contributed by atoms with Crippen LogP contribution in [0.25, 0.3) is 0 Å². The molecule has 33 heavy (non-hydrogen) atoms. The summed E-state index contributed by atoms with van der Waals surface area (Å²) < 4.78 is 66.6. The van der Waals surface area contributed by atoms with Crippen LogP contribution in [0.15, 0.2) is 82.6 Å². The lowest BCUT2D eigenvalue weighted by Gasteiger charge is -2.24. The van der Waals surface area contributed by atoms with Crippen molar-refractivity contribution in [2.45, 2.75) is 22.9 Å². The number of hydrogen-bond acceptors (Lipinski definition) is 4. The molecule has 3 aromatic carbocycles. The Morgan fingerprint density at radius 2 is 1.64 bits per heavy atom. The number of rotatable bonds is 7. The van der Waals surface area contributed by atoms with Crippen LogP contribution in [0.3, 0.4) is 0 Å². The first-order valence-corrected chi connectivity index (χ1v) is 12.4. The molecule has 0 saturated carbocycles. The monoisotopic (exact) mass is 494 g/mol. The SMILES string of the molecule is CSc1ccc(S(=O)(=O)N(CC(=O)Nc2cccc(C(F)(F)F)c2)c2ccc(C)cc2)cc1. The zero-order chi connectivity index (χ0) is 24.2. The van der Waals surface area contributed by atoms with Gasteiger partial charge in [0.2, 0.25) is 5.91 Å². The van der Waals surface area contributed by atoms with Gasteiger partial charge >= 0.3 is 6.18 Å². The molecule has 0 fully saturated rings. The van der Waals surface area contributed by atoms with Crippen molar-refractivity contribution >= 4 is 39.1 Å². The van der Waals surface area contributed by atoms with Crippen molar-refractivity contribution in [3.05, 3.63) is 83.9 Å². The predicted molar refractivity (Wildman–Crippen MR) is 124 cm³/mol. The summed E-state index contributed by atoms with van der Waals surface area (Å²) in [6, 6.07) is 16.9. The van der Waals surface area contributed by atoms with Crippen LogP contribution in [0, 0.1) is 6.92 Å². The van der Waals surface area contributed by atoms with Gasteiger partial charge in [-0.1, -0.05) is 23.8 Å². The highest BCUT2D eigenvalue weighted by Crippen LogP contribution is 2.31. The standard InChI is InChI=1S/C23H21F3N2O3S2/c1-16-6-8-19(9-7-16)28(33(30,31)21-12-10-20(32-2)11-13-21)15-22(29)27-18-5-3-4-17(14-18)23(24,25)26/h3-14H,15H2,1-2H3,(H,27,29). The number of nitrogens with zero attached hydrogens (tertiary/aromatic N) is 1. The Balaban J connectivity index is 1.92. The summed E-state index contributed by atoms with van der Waals surface area (Å²) in [6.45, 7) is 1.22. The lowest BCUT2D eigenvalue weighted by atomic mass is 10.2. The molecule has 0 atom stereocenters. The molecule has 0 aromatic heterocycles. The van der Waals surface area contributed by atoms with Gasteiger partial charge in [-0.2, -0.15) is 13.2 Å². The fraction of sp³-hybridized carbons (Fsp3) is 0.174. The van der Waals surface area contributed by atoms with Crippen LogP contribution in [0.1, 0.15) is 11.1 Å². The van der Waals surface area contributed by atoms with Crippen molar-refractivity contribution in [2.75, 3.05) is 22.4 Å². The average Bonchev–Trinajstić information content (AvgIpc) is 2.78. The number of hydrogen-bond donors (Lipinski definition) is 1. The third kappa shape index (κ3) is 6.08. The molecule has 5 nitrogen and oxygen atoms in total. The van der Waals surface area contributed by atoms with Crippen LogP contribution in [0.2, 0.25) is 0 Å². The predicted octanol–water partition coefficient (Wildman–Crippen LogP) is 5.57. The van der Waals surface area contributed by atoms with Gasteiger partial charge in [0.15, 0.2) is 0 Å². The number of anilines is 2. The highest BCUT2D eigenvalue weighted by molar-refractivity contribution is 7.98. The van der Waals surface area contributed by atoms with E-state index in [1.807, 2.05) is 13.2 Å². The largest absolute Gasteiger partial charge is 0.416 e. The molecule has 0 aliphatic heterocycles. The van der Waals surface area contributed by atoms with Gasteiger partial charge in [-0.05, 0) is 67.8 Å². The van der Waals surface area contributed by atoms with Crippen molar-refractivity contribution in [3.8, 4) is 0 Å². The Morgan fingerprint density at radius 3 is 2.21 bits per heavy atom. The Morgan fingerprint density at radius 1 is 1.00 bits per heavy atom. The Hall–Kier alpha value is -2.98. The van der Waals surface area contributed by atoms with E-state index < -0.39 is 34.2 Å². The number of carbonyl (C=O) groups is 1. The van der Waals surface area contributed by atoms with Crippen molar-refractivity contribution in [3.63, 3.8) is 0 Å². The maximum absolute atomic E-state index is 13.4. The molecule has 0 saturated heterocycles. The van der Waals surface area contributed by atoms with E-state index >= 15 is 0 Å².